The van der Waals surface area contributed by atoms with Gasteiger partial charge >= 0.3 is 0 Å². The van der Waals surface area contributed by atoms with Gasteiger partial charge in [0.1, 0.15) is 4.32 Å². The Morgan fingerprint density at radius 3 is 2.81 bits per heavy atom. The first kappa shape index (κ1) is 16.1. The van der Waals surface area contributed by atoms with Gasteiger partial charge < -0.3 is 14.8 Å². The number of thioether (sulfide) groups is 1. The predicted molar refractivity (Wildman–Crippen MR) is 90.1 cm³/mol. The highest BCUT2D eigenvalue weighted by Crippen LogP contribution is 2.38. The van der Waals surface area contributed by atoms with Gasteiger partial charge in [0.25, 0.3) is 5.91 Å². The summed E-state index contributed by atoms with van der Waals surface area (Å²) in [4.78, 5) is 12.2. The number of hydrogen-bond acceptors (Lipinski definition) is 5. The Bertz CT molecular complexity index is 616. The molecule has 0 radical (unpaired) electrons. The van der Waals surface area contributed by atoms with Gasteiger partial charge in [-0.25, -0.2) is 0 Å². The standard InChI is InChI=1S/C14H14ClNO3S2/c1-3-4-19-12-9(15)5-8(6-10(12)18-2)7-11-13(17)16-14(20)21-11/h5-7H,3-4H2,1-2H3,(H,16,17,20)/b11-7+. The maximum absolute atomic E-state index is 11.7. The summed E-state index contributed by atoms with van der Waals surface area (Å²) in [5.74, 6) is 0.849. The molecule has 2 rings (SSSR count). The number of benzene rings is 1. The molecule has 1 fully saturated rings. The lowest BCUT2D eigenvalue weighted by Crippen LogP contribution is -2.17. The predicted octanol–water partition coefficient (Wildman–Crippen LogP) is 3.63. The molecule has 1 aliphatic heterocycles. The molecule has 21 heavy (non-hydrogen) atoms. The minimum Gasteiger partial charge on any atom is -0.493 e. The molecule has 1 aromatic carbocycles. The summed E-state index contributed by atoms with van der Waals surface area (Å²) in [5.41, 5.74) is 0.753. The van der Waals surface area contributed by atoms with Crippen LogP contribution in [0.4, 0.5) is 0 Å². The Labute approximate surface area is 137 Å². The van der Waals surface area contributed by atoms with Crippen molar-refractivity contribution in [1.29, 1.82) is 0 Å². The molecular formula is C14H14ClNO3S2. The van der Waals surface area contributed by atoms with Crippen molar-refractivity contribution >= 4 is 51.9 Å². The number of thiocarbonyl (C=S) groups is 1. The lowest BCUT2D eigenvalue weighted by Gasteiger charge is -2.12. The van der Waals surface area contributed by atoms with Crippen molar-refractivity contribution in [3.8, 4) is 11.5 Å². The third-order valence-corrected chi connectivity index (χ3v) is 4.09. The largest absolute Gasteiger partial charge is 0.493 e. The monoisotopic (exact) mass is 343 g/mol. The van der Waals surface area contributed by atoms with Crippen LogP contribution in [0.3, 0.4) is 0 Å². The number of nitrogens with one attached hydrogen (secondary N) is 1. The molecule has 0 saturated carbocycles. The van der Waals surface area contributed by atoms with E-state index in [0.717, 1.165) is 12.0 Å². The molecule has 0 aliphatic carbocycles. The number of methoxy groups -OCH3 is 1. The number of carbonyl (C=O) groups excluding carboxylic acids is 1. The van der Waals surface area contributed by atoms with Crippen LogP contribution >= 0.6 is 35.6 Å². The molecule has 0 bridgehead atoms. The number of ether oxygens (including phenoxy) is 2. The third-order valence-electron chi connectivity index (χ3n) is 2.64. The van der Waals surface area contributed by atoms with Gasteiger partial charge in [-0.1, -0.05) is 42.5 Å². The lowest BCUT2D eigenvalue weighted by molar-refractivity contribution is -0.115. The van der Waals surface area contributed by atoms with E-state index in [2.05, 4.69) is 5.32 Å². The van der Waals surface area contributed by atoms with E-state index < -0.39 is 0 Å². The van der Waals surface area contributed by atoms with Gasteiger partial charge in [0, 0.05) is 0 Å². The van der Waals surface area contributed by atoms with E-state index in [0.29, 0.717) is 32.4 Å². The second kappa shape index (κ2) is 7.15. The maximum Gasteiger partial charge on any atom is 0.263 e. The molecule has 1 heterocycles. The van der Waals surface area contributed by atoms with Crippen molar-refractivity contribution in [2.45, 2.75) is 13.3 Å². The first-order valence-electron chi connectivity index (χ1n) is 6.30. The number of carbonyl (C=O) groups is 1. The summed E-state index contributed by atoms with van der Waals surface area (Å²) < 4.78 is 11.3. The van der Waals surface area contributed by atoms with E-state index >= 15 is 0 Å². The minimum atomic E-state index is -0.202. The van der Waals surface area contributed by atoms with Crippen molar-refractivity contribution in [3.05, 3.63) is 27.6 Å². The Balaban J connectivity index is 2.34. The number of halogens is 1. The van der Waals surface area contributed by atoms with Crippen LogP contribution in [-0.2, 0) is 4.79 Å². The molecule has 4 nitrogen and oxygen atoms in total. The van der Waals surface area contributed by atoms with Crippen LogP contribution in [0.15, 0.2) is 17.0 Å². The number of rotatable bonds is 5. The Kier molecular flexibility index (Phi) is 5.50. The van der Waals surface area contributed by atoms with Crippen LogP contribution in [-0.4, -0.2) is 23.9 Å². The molecule has 1 amide bonds. The van der Waals surface area contributed by atoms with Gasteiger partial charge in [-0.15, -0.1) is 0 Å². The molecule has 1 N–H and O–H groups in total. The van der Waals surface area contributed by atoms with E-state index in [1.165, 1.54) is 11.8 Å². The highest BCUT2D eigenvalue weighted by molar-refractivity contribution is 8.26. The van der Waals surface area contributed by atoms with Crippen molar-refractivity contribution in [3.63, 3.8) is 0 Å². The summed E-state index contributed by atoms with van der Waals surface area (Å²) >= 11 is 12.4. The summed E-state index contributed by atoms with van der Waals surface area (Å²) in [6, 6.07) is 3.51. The second-order valence-corrected chi connectivity index (χ2v) is 6.36. The van der Waals surface area contributed by atoms with Crippen LogP contribution in [0.2, 0.25) is 5.02 Å². The van der Waals surface area contributed by atoms with E-state index in [-0.39, 0.29) is 5.91 Å². The first-order chi connectivity index (χ1) is 10.0. The van der Waals surface area contributed by atoms with E-state index in [4.69, 9.17) is 33.3 Å². The van der Waals surface area contributed by atoms with E-state index in [9.17, 15) is 4.79 Å². The van der Waals surface area contributed by atoms with E-state index in [1.54, 1.807) is 25.3 Å². The molecule has 0 aromatic heterocycles. The molecule has 0 spiro atoms. The zero-order chi connectivity index (χ0) is 15.4. The Morgan fingerprint density at radius 2 is 2.24 bits per heavy atom. The Morgan fingerprint density at radius 1 is 1.48 bits per heavy atom. The van der Waals surface area contributed by atoms with Gasteiger partial charge in [-0.2, -0.15) is 0 Å². The maximum atomic E-state index is 11.7. The van der Waals surface area contributed by atoms with Crippen molar-refractivity contribution in [2.75, 3.05) is 13.7 Å². The van der Waals surface area contributed by atoms with Crippen LogP contribution < -0.4 is 14.8 Å². The zero-order valence-corrected chi connectivity index (χ0v) is 14.0. The normalized spacial score (nSPS) is 16.2. The molecule has 0 atom stereocenters. The van der Waals surface area contributed by atoms with Crippen LogP contribution in [0, 0.1) is 0 Å². The summed E-state index contributed by atoms with van der Waals surface area (Å²) in [5, 5.41) is 3.01. The van der Waals surface area contributed by atoms with Crippen molar-refractivity contribution < 1.29 is 14.3 Å². The van der Waals surface area contributed by atoms with Crippen LogP contribution in [0.25, 0.3) is 6.08 Å². The fourth-order valence-electron chi connectivity index (χ4n) is 1.74. The van der Waals surface area contributed by atoms with Crippen molar-refractivity contribution in [2.24, 2.45) is 0 Å². The topological polar surface area (TPSA) is 47.6 Å². The zero-order valence-electron chi connectivity index (χ0n) is 11.6. The molecular weight excluding hydrogens is 330 g/mol. The quantitative estimate of drug-likeness (QED) is 0.653. The molecule has 0 unspecified atom stereocenters. The smallest absolute Gasteiger partial charge is 0.263 e. The summed E-state index contributed by atoms with van der Waals surface area (Å²) in [7, 11) is 1.55. The van der Waals surface area contributed by atoms with Gasteiger partial charge in [0.05, 0.1) is 23.6 Å². The fraction of sp³-hybridized carbons (Fsp3) is 0.286. The summed E-state index contributed by atoms with van der Waals surface area (Å²) in [6.45, 7) is 2.57. The van der Waals surface area contributed by atoms with Gasteiger partial charge in [0.15, 0.2) is 11.5 Å². The van der Waals surface area contributed by atoms with Crippen LogP contribution in [0.5, 0.6) is 11.5 Å². The number of amides is 1. The third kappa shape index (κ3) is 3.90. The molecule has 112 valence electrons. The highest BCUT2D eigenvalue weighted by Gasteiger charge is 2.22. The highest BCUT2D eigenvalue weighted by atomic mass is 35.5. The summed E-state index contributed by atoms with van der Waals surface area (Å²) in [6.07, 6.45) is 2.59. The van der Waals surface area contributed by atoms with Gasteiger partial charge in [-0.05, 0) is 30.2 Å². The minimum absolute atomic E-state index is 0.202. The first-order valence-corrected chi connectivity index (χ1v) is 7.90. The van der Waals surface area contributed by atoms with Crippen LogP contribution in [0.1, 0.15) is 18.9 Å². The van der Waals surface area contributed by atoms with Gasteiger partial charge in [-0.3, -0.25) is 4.79 Å². The molecule has 7 heteroatoms. The fourth-order valence-corrected chi connectivity index (χ4v) is 3.06. The molecule has 1 saturated heterocycles. The average Bonchev–Trinajstić information content (AvgIpc) is 2.75. The number of hydrogen-bond donors (Lipinski definition) is 1. The average molecular weight is 344 g/mol. The Hall–Kier alpha value is -1.24. The SMILES string of the molecule is CCCOc1c(Cl)cc(/C=C2/SC(=S)NC2=O)cc1OC. The molecule has 1 aromatic rings. The van der Waals surface area contributed by atoms with Crippen molar-refractivity contribution in [1.82, 2.24) is 5.32 Å². The second-order valence-electron chi connectivity index (χ2n) is 4.23. The molecule has 1 aliphatic rings. The van der Waals surface area contributed by atoms with Gasteiger partial charge in [0.2, 0.25) is 0 Å². The lowest BCUT2D eigenvalue weighted by atomic mass is 10.2. The van der Waals surface area contributed by atoms with E-state index in [1.807, 2.05) is 6.92 Å².